The van der Waals surface area contributed by atoms with E-state index in [-0.39, 0.29) is 24.8 Å². The monoisotopic (exact) mass is 604 g/mol. The summed E-state index contributed by atoms with van der Waals surface area (Å²) in [5, 5.41) is 0. The molecule has 0 amide bonds. The van der Waals surface area contributed by atoms with Crippen LogP contribution >= 0.6 is 24.8 Å². The van der Waals surface area contributed by atoms with E-state index in [1.54, 1.807) is 18.7 Å². The van der Waals surface area contributed by atoms with Crippen molar-refractivity contribution in [3.63, 3.8) is 0 Å². The molecule has 6 rings (SSSR count). The molecule has 0 saturated heterocycles. The summed E-state index contributed by atoms with van der Waals surface area (Å²) in [4.78, 5) is 0. The molecule has 0 N–H and O–H groups in total. The zero-order valence-corrected chi connectivity index (χ0v) is 26.3. The van der Waals surface area contributed by atoms with Gasteiger partial charge in [0.1, 0.15) is 0 Å². The third kappa shape index (κ3) is 3.81. The Labute approximate surface area is 229 Å². The fourth-order valence-electron chi connectivity index (χ4n) is 6.39. The van der Waals surface area contributed by atoms with Gasteiger partial charge in [0.15, 0.2) is 0 Å². The molecule has 2 aliphatic carbocycles. The number of hydrogen-bond acceptors (Lipinski definition) is 0. The van der Waals surface area contributed by atoms with E-state index in [0.717, 1.165) is 12.8 Å². The Balaban J connectivity index is 0.00000152. The largest absolute Gasteiger partial charge is 0.147 e. The second-order valence-corrected chi connectivity index (χ2v) is 31.4. The maximum absolute atomic E-state index is 4.22. The minimum absolute atomic E-state index is 0. The van der Waals surface area contributed by atoms with Gasteiger partial charge in [-0.1, -0.05) is 0 Å². The molecule has 0 bridgehead atoms. The minimum Gasteiger partial charge on any atom is -0.147 e. The fraction of sp³-hybridized carbons (Fsp3) is 0.125. The second-order valence-electron chi connectivity index (χ2n) is 10.2. The van der Waals surface area contributed by atoms with Gasteiger partial charge in [0, 0.05) is 0 Å². The van der Waals surface area contributed by atoms with Gasteiger partial charge >= 0.3 is 207 Å². The Kier molecular flexibility index (Phi) is 7.58. The number of hydrogen-bond donors (Lipinski definition) is 0. The Morgan fingerprint density at radius 3 is 1.83 bits per heavy atom. The molecule has 0 aliphatic heterocycles. The van der Waals surface area contributed by atoms with Crippen molar-refractivity contribution in [2.24, 2.45) is 0 Å². The molecule has 36 heavy (non-hydrogen) atoms. The van der Waals surface area contributed by atoms with Crippen molar-refractivity contribution in [2.45, 2.75) is 26.7 Å². The Morgan fingerprint density at radius 1 is 0.667 bits per heavy atom. The van der Waals surface area contributed by atoms with E-state index >= 15 is 0 Å². The number of benzene rings is 4. The summed E-state index contributed by atoms with van der Waals surface area (Å²) in [5.74, 6) is 0. The van der Waals surface area contributed by atoms with Crippen LogP contribution in [0.3, 0.4) is 0 Å². The van der Waals surface area contributed by atoms with Crippen LogP contribution in [0.4, 0.5) is 0 Å². The van der Waals surface area contributed by atoms with E-state index in [1.807, 2.05) is 0 Å². The molecule has 0 atom stereocenters. The van der Waals surface area contributed by atoms with Gasteiger partial charge in [0.2, 0.25) is 0 Å². The summed E-state index contributed by atoms with van der Waals surface area (Å²) >= 11 is -4.22. The van der Waals surface area contributed by atoms with Crippen molar-refractivity contribution in [2.75, 3.05) is 0 Å². The number of rotatable bonds is 4. The molecule has 0 nitrogen and oxygen atoms in total. The maximum atomic E-state index is 2.49. The molecule has 4 aromatic rings. The first-order valence-electron chi connectivity index (χ1n) is 12.2. The molecule has 0 unspecified atom stereocenters. The van der Waals surface area contributed by atoms with Gasteiger partial charge in [-0.3, -0.25) is 0 Å². The predicted octanol–water partition coefficient (Wildman–Crippen LogP) is 6.08. The van der Waals surface area contributed by atoms with Crippen LogP contribution in [0.5, 0.6) is 0 Å². The Bertz CT molecular complexity index is 1510. The third-order valence-electron chi connectivity index (χ3n) is 8.30. The predicted molar refractivity (Wildman–Crippen MR) is 161 cm³/mol. The summed E-state index contributed by atoms with van der Waals surface area (Å²) in [6, 6.07) is 35.3. The van der Waals surface area contributed by atoms with Crippen LogP contribution in [0.2, 0.25) is 0 Å². The van der Waals surface area contributed by atoms with E-state index in [9.17, 15) is 0 Å². The van der Waals surface area contributed by atoms with Gasteiger partial charge in [0.25, 0.3) is 0 Å². The molecule has 0 spiro atoms. The fourth-order valence-corrected chi connectivity index (χ4v) is 28.0. The van der Waals surface area contributed by atoms with Crippen LogP contribution in [0.15, 0.2) is 113 Å². The van der Waals surface area contributed by atoms with Crippen molar-refractivity contribution in [1.29, 1.82) is 0 Å². The van der Waals surface area contributed by atoms with Gasteiger partial charge in [-0.05, 0) is 0 Å². The molecule has 0 radical (unpaired) electrons. The molecular weight excluding hydrogens is 575 g/mol. The van der Waals surface area contributed by atoms with E-state index in [1.165, 1.54) is 27.8 Å². The normalized spacial score (nSPS) is 13.8. The van der Waals surface area contributed by atoms with Crippen molar-refractivity contribution in [1.82, 2.24) is 0 Å². The molecule has 2 aliphatic rings. The zero-order valence-electron chi connectivity index (χ0n) is 20.8. The Morgan fingerprint density at radius 2 is 1.25 bits per heavy atom. The molecule has 0 heterocycles. The van der Waals surface area contributed by atoms with Crippen LogP contribution in [0, 0.1) is 13.8 Å². The molecule has 182 valence electrons. The van der Waals surface area contributed by atoms with Crippen molar-refractivity contribution >= 4 is 41.5 Å². The number of aryl methyl sites for hydroxylation is 2. The first-order valence-corrected chi connectivity index (χ1v) is 23.1. The summed E-state index contributed by atoms with van der Waals surface area (Å²) in [6.07, 6.45) is 9.18. The van der Waals surface area contributed by atoms with Crippen molar-refractivity contribution < 1.29 is 17.4 Å². The van der Waals surface area contributed by atoms with Crippen LogP contribution in [0.1, 0.15) is 28.7 Å². The molecule has 0 saturated carbocycles. The quantitative estimate of drug-likeness (QED) is 0.218. The van der Waals surface area contributed by atoms with Crippen molar-refractivity contribution in [3.8, 4) is 11.1 Å². The van der Waals surface area contributed by atoms with Crippen LogP contribution in [-0.2, 0) is 23.8 Å². The maximum Gasteiger partial charge on any atom is -0.147 e. The number of allylic oxidation sites excluding steroid dienone is 4. The second kappa shape index (κ2) is 10.1. The third-order valence-corrected chi connectivity index (χ3v) is 34.4. The first kappa shape index (κ1) is 27.1. The van der Waals surface area contributed by atoms with Crippen LogP contribution < -0.4 is 9.81 Å². The van der Waals surface area contributed by atoms with Crippen LogP contribution in [-0.4, -0.2) is 6.88 Å². The van der Waals surface area contributed by atoms with E-state index in [0.29, 0.717) is 0 Å². The van der Waals surface area contributed by atoms with E-state index in [4.69, 9.17) is 0 Å². The smallest absolute Gasteiger partial charge is 0.147 e. The molecular formula is C32H32Cl2SiZr. The van der Waals surface area contributed by atoms with E-state index in [2.05, 4.69) is 130 Å². The van der Waals surface area contributed by atoms with Gasteiger partial charge in [-0.25, -0.2) is 0 Å². The summed E-state index contributed by atoms with van der Waals surface area (Å²) < 4.78 is 6.37. The number of halogens is 2. The SMILES string of the molecule is Cc1cc[c]([Zr](=[SiH2])([C]2=CC=CC2)([c]2ccc(C)cc2)[c]2cccc3c2Cc2ccccc2-3)cc1.Cl.Cl. The summed E-state index contributed by atoms with van der Waals surface area (Å²) in [6.45, 7) is 6.77. The average molecular weight is 607 g/mol. The van der Waals surface area contributed by atoms with Crippen molar-refractivity contribution in [3.05, 3.63) is 135 Å². The zero-order chi connectivity index (χ0) is 23.4. The van der Waals surface area contributed by atoms with E-state index < -0.39 is 17.4 Å². The topological polar surface area (TPSA) is 0 Å². The standard InChI is InChI=1S/C13H9.2C7H7.C5H5.2ClH.H2Si.Zr/c1-3-7-12-10(5-1)9-11-6-2-4-8-13(11)12;2*1-7-5-3-2-4-6-7;1-2-4-5-3-1;;;;/h1-5,7-8H,9H2;2*3-6H,1H3;1-3H,4H2;2*1H;1H2;. The van der Waals surface area contributed by atoms with Gasteiger partial charge in [-0.2, -0.15) is 0 Å². The average Bonchev–Trinajstić information content (AvgIpc) is 3.53. The molecule has 0 aromatic heterocycles. The van der Waals surface area contributed by atoms with Gasteiger partial charge in [-0.15, -0.1) is 24.8 Å². The van der Waals surface area contributed by atoms with Gasteiger partial charge < -0.3 is 0 Å². The van der Waals surface area contributed by atoms with Gasteiger partial charge in [0.05, 0.1) is 0 Å². The molecule has 0 fully saturated rings. The summed E-state index contributed by atoms with van der Waals surface area (Å²) in [5.41, 5.74) is 8.51. The number of fused-ring (bicyclic) bond motifs is 3. The molecule has 4 aromatic carbocycles. The minimum atomic E-state index is -4.22. The van der Waals surface area contributed by atoms with Crippen LogP contribution in [0.25, 0.3) is 11.1 Å². The molecule has 4 heteroatoms. The summed E-state index contributed by atoms with van der Waals surface area (Å²) in [7, 11) is 0. The first-order chi connectivity index (χ1) is 16.5. The Hall–Kier alpha value is -1.96.